The smallest absolute Gasteiger partial charge is 0.217 e. The van der Waals surface area contributed by atoms with Crippen molar-refractivity contribution in [1.29, 1.82) is 0 Å². The second kappa shape index (κ2) is 4.54. The zero-order valence-corrected chi connectivity index (χ0v) is 9.96. The van der Waals surface area contributed by atoms with Crippen LogP contribution in [-0.4, -0.2) is 11.9 Å². The Hall–Kier alpha value is -0.530. The summed E-state index contributed by atoms with van der Waals surface area (Å²) in [5.74, 6) is 2.89. The lowest BCUT2D eigenvalue weighted by Gasteiger charge is -2.42. The Kier molecular flexibility index (Phi) is 3.32. The normalized spacial score (nSPS) is 39.9. The van der Waals surface area contributed by atoms with Gasteiger partial charge >= 0.3 is 0 Å². The summed E-state index contributed by atoms with van der Waals surface area (Å²) in [6.07, 6.45) is 8.04. The molecule has 0 aromatic rings. The van der Waals surface area contributed by atoms with Crippen LogP contribution in [0.15, 0.2) is 0 Å². The Morgan fingerprint density at radius 3 is 2.20 bits per heavy atom. The Morgan fingerprint density at radius 2 is 1.73 bits per heavy atom. The Labute approximate surface area is 92.8 Å². The summed E-state index contributed by atoms with van der Waals surface area (Å²) in [5.41, 5.74) is 0. The standard InChI is InChI=1S/C13H23NO/c1-3-10-4-11-6-12(5-10)8-13(7-11)14-9(2)15/h10-13H,3-8H2,1-2H3,(H,14,15). The van der Waals surface area contributed by atoms with E-state index in [1.807, 2.05) is 0 Å². The first-order chi connectivity index (χ1) is 7.17. The number of hydrogen-bond donors (Lipinski definition) is 1. The molecule has 2 rings (SSSR count). The van der Waals surface area contributed by atoms with Crippen LogP contribution in [0.3, 0.4) is 0 Å². The second-order valence-electron chi connectivity index (χ2n) is 5.58. The molecule has 2 saturated carbocycles. The molecule has 0 aliphatic heterocycles. The fraction of sp³-hybridized carbons (Fsp3) is 0.923. The van der Waals surface area contributed by atoms with Crippen LogP contribution in [0.4, 0.5) is 0 Å². The van der Waals surface area contributed by atoms with E-state index in [4.69, 9.17) is 0 Å². The highest BCUT2D eigenvalue weighted by Crippen LogP contribution is 2.43. The summed E-state index contributed by atoms with van der Waals surface area (Å²) in [5, 5.41) is 3.10. The summed E-state index contributed by atoms with van der Waals surface area (Å²) in [6, 6.07) is 0.476. The Balaban J connectivity index is 1.90. The number of amides is 1. The number of rotatable bonds is 2. The van der Waals surface area contributed by atoms with E-state index in [-0.39, 0.29) is 5.91 Å². The van der Waals surface area contributed by atoms with E-state index in [1.54, 1.807) is 6.92 Å². The maximum absolute atomic E-state index is 11.0. The SMILES string of the molecule is CCC1CC2CC(C1)CC(NC(C)=O)C2. The molecule has 0 aromatic heterocycles. The van der Waals surface area contributed by atoms with Gasteiger partial charge in [-0.1, -0.05) is 13.3 Å². The molecule has 1 amide bonds. The van der Waals surface area contributed by atoms with Crippen molar-refractivity contribution < 1.29 is 4.79 Å². The van der Waals surface area contributed by atoms with Gasteiger partial charge < -0.3 is 5.32 Å². The van der Waals surface area contributed by atoms with E-state index in [1.165, 1.54) is 38.5 Å². The predicted octanol–water partition coefficient (Wildman–Crippen LogP) is 2.73. The van der Waals surface area contributed by atoms with Gasteiger partial charge in [0.1, 0.15) is 0 Å². The zero-order chi connectivity index (χ0) is 10.8. The highest BCUT2D eigenvalue weighted by molar-refractivity contribution is 5.73. The molecule has 2 aliphatic rings. The van der Waals surface area contributed by atoms with Crippen molar-refractivity contribution in [2.75, 3.05) is 0 Å². The molecule has 1 N–H and O–H groups in total. The largest absolute Gasteiger partial charge is 0.354 e. The van der Waals surface area contributed by atoms with Crippen molar-refractivity contribution >= 4 is 5.91 Å². The lowest BCUT2D eigenvalue weighted by atomic mass is 9.66. The molecule has 2 fully saturated rings. The third-order valence-electron chi connectivity index (χ3n) is 4.22. The number of nitrogens with one attached hydrogen (secondary N) is 1. The highest BCUT2D eigenvalue weighted by Gasteiger charge is 2.35. The Morgan fingerprint density at radius 1 is 1.13 bits per heavy atom. The van der Waals surface area contributed by atoms with Gasteiger partial charge in [0, 0.05) is 13.0 Å². The highest BCUT2D eigenvalue weighted by atomic mass is 16.1. The van der Waals surface area contributed by atoms with Crippen molar-refractivity contribution in [2.45, 2.75) is 58.4 Å². The molecule has 0 heterocycles. The Bertz CT molecular complexity index is 225. The van der Waals surface area contributed by atoms with E-state index in [0.717, 1.165) is 17.8 Å². The molecule has 2 bridgehead atoms. The number of hydrogen-bond acceptors (Lipinski definition) is 1. The first-order valence-electron chi connectivity index (χ1n) is 6.44. The van der Waals surface area contributed by atoms with Gasteiger partial charge in [-0.05, 0) is 49.9 Å². The van der Waals surface area contributed by atoms with Gasteiger partial charge in [-0.3, -0.25) is 4.79 Å². The van der Waals surface area contributed by atoms with E-state index in [0.29, 0.717) is 6.04 Å². The summed E-state index contributed by atoms with van der Waals surface area (Å²) in [6.45, 7) is 3.95. The first-order valence-corrected chi connectivity index (χ1v) is 6.44. The molecular formula is C13H23NO. The fourth-order valence-corrected chi connectivity index (χ4v) is 3.73. The van der Waals surface area contributed by atoms with Gasteiger partial charge in [-0.15, -0.1) is 0 Å². The van der Waals surface area contributed by atoms with E-state index < -0.39 is 0 Å². The predicted molar refractivity (Wildman–Crippen MR) is 61.5 cm³/mol. The zero-order valence-electron chi connectivity index (χ0n) is 9.96. The molecule has 2 heteroatoms. The minimum atomic E-state index is 0.145. The van der Waals surface area contributed by atoms with Gasteiger partial charge in [0.2, 0.25) is 5.91 Å². The lowest BCUT2D eigenvalue weighted by Crippen LogP contribution is -2.42. The maximum Gasteiger partial charge on any atom is 0.217 e. The number of carbonyl (C=O) groups excluding carboxylic acids is 1. The third kappa shape index (κ3) is 2.73. The first kappa shape index (κ1) is 11.0. The van der Waals surface area contributed by atoms with Gasteiger partial charge in [0.15, 0.2) is 0 Å². The minimum absolute atomic E-state index is 0.145. The number of fused-ring (bicyclic) bond motifs is 2. The number of carbonyl (C=O) groups is 1. The van der Waals surface area contributed by atoms with Gasteiger partial charge in [-0.2, -0.15) is 0 Å². The van der Waals surface area contributed by atoms with Gasteiger partial charge in [-0.25, -0.2) is 0 Å². The summed E-state index contributed by atoms with van der Waals surface area (Å²) in [4.78, 5) is 11.0. The molecule has 2 unspecified atom stereocenters. The van der Waals surface area contributed by atoms with E-state index >= 15 is 0 Å². The maximum atomic E-state index is 11.0. The quantitative estimate of drug-likeness (QED) is 0.744. The van der Waals surface area contributed by atoms with E-state index in [2.05, 4.69) is 12.2 Å². The van der Waals surface area contributed by atoms with Crippen molar-refractivity contribution in [3.63, 3.8) is 0 Å². The van der Waals surface area contributed by atoms with Crippen molar-refractivity contribution in [3.8, 4) is 0 Å². The summed E-state index contributed by atoms with van der Waals surface area (Å²) in [7, 11) is 0. The molecular weight excluding hydrogens is 186 g/mol. The van der Waals surface area contributed by atoms with Crippen LogP contribution in [0.5, 0.6) is 0 Å². The average Bonchev–Trinajstić information content (AvgIpc) is 2.15. The van der Waals surface area contributed by atoms with Crippen LogP contribution in [-0.2, 0) is 4.79 Å². The van der Waals surface area contributed by atoms with E-state index in [9.17, 15) is 4.79 Å². The van der Waals surface area contributed by atoms with Crippen molar-refractivity contribution in [3.05, 3.63) is 0 Å². The molecule has 2 aliphatic carbocycles. The minimum Gasteiger partial charge on any atom is -0.354 e. The fourth-order valence-electron chi connectivity index (χ4n) is 3.73. The summed E-state index contributed by atoms with van der Waals surface area (Å²) >= 11 is 0. The molecule has 2 atom stereocenters. The second-order valence-corrected chi connectivity index (χ2v) is 5.58. The van der Waals surface area contributed by atoms with Gasteiger partial charge in [0.25, 0.3) is 0 Å². The van der Waals surface area contributed by atoms with Gasteiger partial charge in [0.05, 0.1) is 0 Å². The summed E-state index contributed by atoms with van der Waals surface area (Å²) < 4.78 is 0. The molecule has 0 spiro atoms. The topological polar surface area (TPSA) is 29.1 Å². The van der Waals surface area contributed by atoms with Crippen LogP contribution >= 0.6 is 0 Å². The van der Waals surface area contributed by atoms with Crippen molar-refractivity contribution in [2.24, 2.45) is 17.8 Å². The van der Waals surface area contributed by atoms with Crippen molar-refractivity contribution in [1.82, 2.24) is 5.32 Å². The molecule has 0 radical (unpaired) electrons. The molecule has 0 aromatic carbocycles. The van der Waals surface area contributed by atoms with Crippen LogP contribution in [0.25, 0.3) is 0 Å². The molecule has 2 nitrogen and oxygen atoms in total. The molecule has 86 valence electrons. The van der Waals surface area contributed by atoms with Crippen LogP contribution in [0.2, 0.25) is 0 Å². The molecule has 15 heavy (non-hydrogen) atoms. The van der Waals surface area contributed by atoms with Crippen LogP contribution in [0, 0.1) is 17.8 Å². The third-order valence-corrected chi connectivity index (χ3v) is 4.22. The van der Waals surface area contributed by atoms with Crippen LogP contribution < -0.4 is 5.32 Å². The lowest BCUT2D eigenvalue weighted by molar-refractivity contribution is -0.120. The molecule has 0 saturated heterocycles. The average molecular weight is 209 g/mol. The monoisotopic (exact) mass is 209 g/mol. The van der Waals surface area contributed by atoms with Crippen LogP contribution in [0.1, 0.15) is 52.4 Å².